The summed E-state index contributed by atoms with van der Waals surface area (Å²) in [4.78, 5) is 2.34. The summed E-state index contributed by atoms with van der Waals surface area (Å²) >= 11 is 0.342. The van der Waals surface area contributed by atoms with E-state index in [4.69, 9.17) is 0 Å². The SMILES string of the molecule is c1ccc(N(c2ccccc2)c2ccc3[se]c4c5ccccc5ccc4c3c2)cc1. The van der Waals surface area contributed by atoms with Crippen LogP contribution in [0.25, 0.3) is 30.1 Å². The van der Waals surface area contributed by atoms with E-state index < -0.39 is 0 Å². The Morgan fingerprint density at radius 3 is 1.87 bits per heavy atom. The average molecular weight is 448 g/mol. The number of nitrogens with zero attached hydrogens (tertiary/aromatic N) is 1. The summed E-state index contributed by atoms with van der Waals surface area (Å²) < 4.78 is 2.98. The van der Waals surface area contributed by atoms with E-state index >= 15 is 0 Å². The quantitative estimate of drug-likeness (QED) is 0.251. The Bertz CT molecular complexity index is 1440. The van der Waals surface area contributed by atoms with Crippen molar-refractivity contribution in [2.45, 2.75) is 0 Å². The zero-order valence-corrected chi connectivity index (χ0v) is 18.0. The van der Waals surface area contributed by atoms with Crippen molar-refractivity contribution >= 4 is 61.6 Å². The van der Waals surface area contributed by atoms with Gasteiger partial charge in [-0.15, -0.1) is 0 Å². The molecule has 0 saturated heterocycles. The zero-order chi connectivity index (χ0) is 19.9. The van der Waals surface area contributed by atoms with Crippen LogP contribution in [0.1, 0.15) is 0 Å². The van der Waals surface area contributed by atoms with Crippen LogP contribution in [0.2, 0.25) is 0 Å². The van der Waals surface area contributed by atoms with Gasteiger partial charge in [-0.05, 0) is 0 Å². The van der Waals surface area contributed by atoms with Gasteiger partial charge in [-0.2, -0.15) is 0 Å². The van der Waals surface area contributed by atoms with Crippen LogP contribution in [0.15, 0.2) is 115 Å². The molecule has 0 aliphatic rings. The van der Waals surface area contributed by atoms with Gasteiger partial charge in [-0.3, -0.25) is 0 Å². The van der Waals surface area contributed by atoms with Crippen molar-refractivity contribution in [3.8, 4) is 0 Å². The Morgan fingerprint density at radius 2 is 1.13 bits per heavy atom. The molecule has 0 radical (unpaired) electrons. The van der Waals surface area contributed by atoms with Crippen LogP contribution in [-0.2, 0) is 0 Å². The Kier molecular flexibility index (Phi) is 4.19. The van der Waals surface area contributed by atoms with Gasteiger partial charge in [0.25, 0.3) is 0 Å². The first kappa shape index (κ1) is 17.5. The molecule has 0 spiro atoms. The standard InChI is InChI=1S/C28H19NSe/c1-3-10-21(11-4-1)29(22-12-5-2-6-13-22)23-16-18-27-26(19-23)25-17-15-20-9-7-8-14-24(20)28(25)30-27/h1-19H. The molecule has 5 aromatic carbocycles. The summed E-state index contributed by atoms with van der Waals surface area (Å²) in [5.74, 6) is 0. The van der Waals surface area contributed by atoms with Gasteiger partial charge in [-0.25, -0.2) is 0 Å². The van der Waals surface area contributed by atoms with Crippen LogP contribution < -0.4 is 4.90 Å². The van der Waals surface area contributed by atoms with Gasteiger partial charge in [0.15, 0.2) is 0 Å². The number of para-hydroxylation sites is 2. The van der Waals surface area contributed by atoms with E-state index in [1.165, 1.54) is 47.1 Å². The molecule has 0 amide bonds. The second-order valence-corrected chi connectivity index (χ2v) is 9.66. The number of hydrogen-bond acceptors (Lipinski definition) is 1. The maximum atomic E-state index is 2.37. The van der Waals surface area contributed by atoms with Crippen LogP contribution in [0.3, 0.4) is 0 Å². The van der Waals surface area contributed by atoms with Crippen LogP contribution in [0.4, 0.5) is 17.1 Å². The third-order valence-electron chi connectivity index (χ3n) is 5.63. The zero-order valence-electron chi connectivity index (χ0n) is 16.3. The first-order valence-corrected chi connectivity index (χ1v) is 11.8. The molecular formula is C28H19NSe. The van der Waals surface area contributed by atoms with Crippen LogP contribution >= 0.6 is 0 Å². The molecule has 1 nitrogen and oxygen atoms in total. The van der Waals surface area contributed by atoms with E-state index in [0.29, 0.717) is 14.5 Å². The minimum absolute atomic E-state index is 0.342. The molecule has 0 unspecified atom stereocenters. The van der Waals surface area contributed by atoms with Crippen molar-refractivity contribution in [1.29, 1.82) is 0 Å². The van der Waals surface area contributed by atoms with Crippen molar-refractivity contribution in [1.82, 2.24) is 0 Å². The number of anilines is 3. The predicted molar refractivity (Wildman–Crippen MR) is 131 cm³/mol. The molecule has 0 atom stereocenters. The summed E-state index contributed by atoms with van der Waals surface area (Å²) in [6, 6.07) is 41.5. The second-order valence-electron chi connectivity index (χ2n) is 7.45. The van der Waals surface area contributed by atoms with E-state index in [1.807, 2.05) is 0 Å². The first-order valence-electron chi connectivity index (χ1n) is 10.1. The van der Waals surface area contributed by atoms with Gasteiger partial charge in [0.1, 0.15) is 0 Å². The third-order valence-corrected chi connectivity index (χ3v) is 8.19. The van der Waals surface area contributed by atoms with Gasteiger partial charge in [0.05, 0.1) is 0 Å². The molecule has 0 saturated carbocycles. The molecule has 0 N–H and O–H groups in total. The molecule has 6 rings (SSSR count). The van der Waals surface area contributed by atoms with Crippen molar-refractivity contribution in [3.63, 3.8) is 0 Å². The van der Waals surface area contributed by atoms with E-state index in [2.05, 4.69) is 120 Å². The molecule has 0 aliphatic heterocycles. The summed E-state index contributed by atoms with van der Waals surface area (Å²) in [5.41, 5.74) is 3.54. The molecule has 2 heteroatoms. The van der Waals surface area contributed by atoms with E-state index in [-0.39, 0.29) is 0 Å². The molecule has 1 aromatic heterocycles. The Labute approximate surface area is 181 Å². The fourth-order valence-electron chi connectivity index (χ4n) is 4.23. The number of hydrogen-bond donors (Lipinski definition) is 0. The van der Waals surface area contributed by atoms with Gasteiger partial charge in [-0.1, -0.05) is 0 Å². The topological polar surface area (TPSA) is 3.24 Å². The molecule has 0 bridgehead atoms. The van der Waals surface area contributed by atoms with Gasteiger partial charge in [0.2, 0.25) is 0 Å². The van der Waals surface area contributed by atoms with Crippen LogP contribution in [-0.4, -0.2) is 14.5 Å². The molecule has 30 heavy (non-hydrogen) atoms. The average Bonchev–Trinajstić information content (AvgIpc) is 3.19. The third kappa shape index (κ3) is 2.85. The van der Waals surface area contributed by atoms with Crippen LogP contribution in [0, 0.1) is 0 Å². The summed E-state index contributed by atoms with van der Waals surface area (Å²) in [7, 11) is 0. The summed E-state index contributed by atoms with van der Waals surface area (Å²) in [6.45, 7) is 0. The summed E-state index contributed by atoms with van der Waals surface area (Å²) in [5, 5.41) is 5.51. The normalized spacial score (nSPS) is 11.3. The van der Waals surface area contributed by atoms with Gasteiger partial charge >= 0.3 is 182 Å². The number of benzene rings is 5. The van der Waals surface area contributed by atoms with Crippen LogP contribution in [0.5, 0.6) is 0 Å². The first-order chi connectivity index (χ1) is 14.9. The number of rotatable bonds is 3. The van der Waals surface area contributed by atoms with Gasteiger partial charge in [0, 0.05) is 0 Å². The molecule has 6 aromatic rings. The monoisotopic (exact) mass is 449 g/mol. The Morgan fingerprint density at radius 1 is 0.467 bits per heavy atom. The second kappa shape index (κ2) is 7.18. The Hall–Kier alpha value is -3.32. The van der Waals surface area contributed by atoms with E-state index in [0.717, 1.165) is 0 Å². The van der Waals surface area contributed by atoms with E-state index in [1.54, 1.807) is 0 Å². The molecule has 0 fully saturated rings. The predicted octanol–water partition coefficient (Wildman–Crippen LogP) is 7.67. The maximum absolute atomic E-state index is 2.37. The van der Waals surface area contributed by atoms with Crippen molar-refractivity contribution in [2.24, 2.45) is 0 Å². The van der Waals surface area contributed by atoms with E-state index in [9.17, 15) is 0 Å². The Balaban J connectivity index is 1.61. The minimum atomic E-state index is 0.342. The van der Waals surface area contributed by atoms with Crippen molar-refractivity contribution < 1.29 is 0 Å². The molecule has 142 valence electrons. The molecule has 0 aliphatic carbocycles. The fourth-order valence-corrected chi connectivity index (χ4v) is 6.79. The fraction of sp³-hybridized carbons (Fsp3) is 0. The number of fused-ring (bicyclic) bond motifs is 5. The van der Waals surface area contributed by atoms with Crippen molar-refractivity contribution in [2.75, 3.05) is 4.90 Å². The molecule has 1 heterocycles. The molecular weight excluding hydrogens is 429 g/mol. The summed E-state index contributed by atoms with van der Waals surface area (Å²) in [6.07, 6.45) is 0. The van der Waals surface area contributed by atoms with Crippen molar-refractivity contribution in [3.05, 3.63) is 115 Å². The van der Waals surface area contributed by atoms with Gasteiger partial charge < -0.3 is 0 Å².